The fourth-order valence-corrected chi connectivity index (χ4v) is 2.40. The minimum Gasteiger partial charge on any atom is -0.367 e. The summed E-state index contributed by atoms with van der Waals surface area (Å²) in [4.78, 5) is 22.0. The van der Waals surface area contributed by atoms with Crippen molar-refractivity contribution in [3.05, 3.63) is 18.1 Å². The Hall–Kier alpha value is -1.69. The zero-order valence-corrected chi connectivity index (χ0v) is 12.2. The molecule has 0 spiro atoms. The van der Waals surface area contributed by atoms with Crippen LogP contribution in [0.4, 0.5) is 5.82 Å². The van der Waals surface area contributed by atoms with Gasteiger partial charge in [-0.25, -0.2) is 9.97 Å². The number of rotatable bonds is 5. The van der Waals surface area contributed by atoms with Crippen molar-refractivity contribution in [2.45, 2.75) is 32.2 Å². The van der Waals surface area contributed by atoms with E-state index in [2.05, 4.69) is 32.4 Å². The van der Waals surface area contributed by atoms with Crippen molar-refractivity contribution in [2.75, 3.05) is 32.0 Å². The number of nitrogens with one attached hydrogen (secondary N) is 2. The lowest BCUT2D eigenvalue weighted by molar-refractivity contribution is -0.122. The standard InChI is InChI=1S/C14H23N5O/c1-3-11-8-13(17-10-16-11)18-12-4-6-19(7-5-12)9-14(20)15-2/h8,10,12H,3-7,9H2,1-2H3,(H,15,20)(H,16,17,18). The molecule has 110 valence electrons. The number of carbonyl (C=O) groups excluding carboxylic acids is 1. The summed E-state index contributed by atoms with van der Waals surface area (Å²) in [6.45, 7) is 4.47. The molecule has 2 N–H and O–H groups in total. The lowest BCUT2D eigenvalue weighted by Crippen LogP contribution is -2.43. The van der Waals surface area contributed by atoms with E-state index in [0.717, 1.165) is 43.9 Å². The summed E-state index contributed by atoms with van der Waals surface area (Å²) in [5.74, 6) is 0.987. The van der Waals surface area contributed by atoms with Gasteiger partial charge in [-0.3, -0.25) is 9.69 Å². The fraction of sp³-hybridized carbons (Fsp3) is 0.643. The number of amides is 1. The molecule has 6 heteroatoms. The number of piperidine rings is 1. The molecule has 1 amide bonds. The highest BCUT2D eigenvalue weighted by Gasteiger charge is 2.20. The lowest BCUT2D eigenvalue weighted by atomic mass is 10.1. The number of nitrogens with zero attached hydrogens (tertiary/aromatic N) is 3. The van der Waals surface area contributed by atoms with Gasteiger partial charge in [-0.2, -0.15) is 0 Å². The van der Waals surface area contributed by atoms with E-state index < -0.39 is 0 Å². The summed E-state index contributed by atoms with van der Waals surface area (Å²) in [7, 11) is 1.68. The summed E-state index contributed by atoms with van der Waals surface area (Å²) in [6.07, 6.45) is 4.59. The summed E-state index contributed by atoms with van der Waals surface area (Å²) < 4.78 is 0. The highest BCUT2D eigenvalue weighted by atomic mass is 16.1. The Morgan fingerprint density at radius 1 is 1.40 bits per heavy atom. The predicted molar refractivity (Wildman–Crippen MR) is 78.6 cm³/mol. The molecule has 1 aromatic rings. The Morgan fingerprint density at radius 3 is 2.80 bits per heavy atom. The van der Waals surface area contributed by atoms with Crippen LogP contribution in [0.15, 0.2) is 12.4 Å². The van der Waals surface area contributed by atoms with Crippen molar-refractivity contribution in [1.29, 1.82) is 0 Å². The molecule has 0 aliphatic carbocycles. The molecule has 1 fully saturated rings. The monoisotopic (exact) mass is 277 g/mol. The van der Waals surface area contributed by atoms with Crippen molar-refractivity contribution >= 4 is 11.7 Å². The molecule has 2 heterocycles. The first kappa shape index (κ1) is 14.7. The summed E-state index contributed by atoms with van der Waals surface area (Å²) in [5.41, 5.74) is 1.06. The second kappa shape index (κ2) is 7.19. The smallest absolute Gasteiger partial charge is 0.233 e. The number of hydrogen-bond acceptors (Lipinski definition) is 5. The topological polar surface area (TPSA) is 70.2 Å². The van der Waals surface area contributed by atoms with Gasteiger partial charge in [0.2, 0.25) is 5.91 Å². The number of likely N-dealkylation sites (N-methyl/N-ethyl adjacent to an activating group) is 1. The molecule has 2 rings (SSSR count). The van der Waals surface area contributed by atoms with Gasteiger partial charge in [-0.15, -0.1) is 0 Å². The highest BCUT2D eigenvalue weighted by Crippen LogP contribution is 2.15. The number of carbonyl (C=O) groups is 1. The van der Waals surface area contributed by atoms with Crippen LogP contribution in [0.3, 0.4) is 0 Å². The summed E-state index contributed by atoms with van der Waals surface area (Å²) in [5, 5.41) is 6.13. The predicted octanol–water partition coefficient (Wildman–Crippen LogP) is 0.661. The van der Waals surface area contributed by atoms with Crippen LogP contribution >= 0.6 is 0 Å². The average molecular weight is 277 g/mol. The minimum atomic E-state index is 0.0831. The van der Waals surface area contributed by atoms with E-state index in [1.54, 1.807) is 13.4 Å². The van der Waals surface area contributed by atoms with E-state index in [9.17, 15) is 4.79 Å². The van der Waals surface area contributed by atoms with Gasteiger partial charge in [0.1, 0.15) is 12.1 Å². The van der Waals surface area contributed by atoms with Crippen LogP contribution in [0.25, 0.3) is 0 Å². The third-order valence-corrected chi connectivity index (χ3v) is 3.67. The van der Waals surface area contributed by atoms with Crippen LogP contribution in [0.1, 0.15) is 25.5 Å². The maximum absolute atomic E-state index is 11.3. The van der Waals surface area contributed by atoms with Crippen molar-refractivity contribution in [3.63, 3.8) is 0 Å². The van der Waals surface area contributed by atoms with E-state index in [1.165, 1.54) is 0 Å². The molecular formula is C14H23N5O. The number of anilines is 1. The molecule has 0 bridgehead atoms. The minimum absolute atomic E-state index is 0.0831. The third-order valence-electron chi connectivity index (χ3n) is 3.67. The Kier molecular flexibility index (Phi) is 5.29. The van der Waals surface area contributed by atoms with Crippen molar-refractivity contribution in [3.8, 4) is 0 Å². The summed E-state index contributed by atoms with van der Waals surface area (Å²) >= 11 is 0. The van der Waals surface area contributed by atoms with E-state index in [1.807, 2.05) is 6.07 Å². The molecule has 1 aromatic heterocycles. The van der Waals surface area contributed by atoms with Gasteiger partial charge < -0.3 is 10.6 Å². The molecule has 1 aliphatic heterocycles. The van der Waals surface area contributed by atoms with Gasteiger partial charge in [0.25, 0.3) is 0 Å². The van der Waals surface area contributed by atoms with Gasteiger partial charge >= 0.3 is 0 Å². The maximum atomic E-state index is 11.3. The second-order valence-electron chi connectivity index (χ2n) is 5.12. The normalized spacial score (nSPS) is 16.9. The molecule has 1 aliphatic rings. The highest BCUT2D eigenvalue weighted by molar-refractivity contribution is 5.77. The molecule has 0 aromatic carbocycles. The van der Waals surface area contributed by atoms with Crippen LogP contribution in [0, 0.1) is 0 Å². The van der Waals surface area contributed by atoms with E-state index in [0.29, 0.717) is 12.6 Å². The number of aryl methyl sites for hydroxylation is 1. The van der Waals surface area contributed by atoms with Gasteiger partial charge in [-0.05, 0) is 19.3 Å². The third kappa shape index (κ3) is 4.16. The molecule has 0 atom stereocenters. The largest absolute Gasteiger partial charge is 0.367 e. The summed E-state index contributed by atoms with van der Waals surface area (Å²) in [6, 6.07) is 2.44. The van der Waals surface area contributed by atoms with Crippen LogP contribution in [0.2, 0.25) is 0 Å². The van der Waals surface area contributed by atoms with Crippen LogP contribution < -0.4 is 10.6 Å². The molecule has 20 heavy (non-hydrogen) atoms. The molecule has 0 radical (unpaired) electrons. The Labute approximate surface area is 120 Å². The zero-order chi connectivity index (χ0) is 14.4. The van der Waals surface area contributed by atoms with Crippen LogP contribution in [-0.4, -0.2) is 53.5 Å². The van der Waals surface area contributed by atoms with Crippen molar-refractivity contribution in [1.82, 2.24) is 20.2 Å². The van der Waals surface area contributed by atoms with Crippen molar-refractivity contribution in [2.24, 2.45) is 0 Å². The molecule has 0 unspecified atom stereocenters. The first-order valence-corrected chi connectivity index (χ1v) is 7.21. The Bertz CT molecular complexity index is 443. The van der Waals surface area contributed by atoms with Crippen LogP contribution in [-0.2, 0) is 11.2 Å². The number of aromatic nitrogens is 2. The first-order chi connectivity index (χ1) is 9.71. The molecular weight excluding hydrogens is 254 g/mol. The number of hydrogen-bond donors (Lipinski definition) is 2. The van der Waals surface area contributed by atoms with Gasteiger partial charge in [0.05, 0.1) is 6.54 Å². The fourth-order valence-electron chi connectivity index (χ4n) is 2.40. The quantitative estimate of drug-likeness (QED) is 0.827. The number of likely N-dealkylation sites (tertiary alicyclic amines) is 1. The SMILES string of the molecule is CCc1cc(NC2CCN(CC(=O)NC)CC2)ncn1. The molecule has 0 saturated carbocycles. The van der Waals surface area contributed by atoms with Gasteiger partial charge in [-0.1, -0.05) is 6.92 Å². The van der Waals surface area contributed by atoms with Crippen molar-refractivity contribution < 1.29 is 4.79 Å². The van der Waals surface area contributed by atoms with E-state index in [-0.39, 0.29) is 5.91 Å². The van der Waals surface area contributed by atoms with Gasteiger partial charge in [0.15, 0.2) is 0 Å². The lowest BCUT2D eigenvalue weighted by Gasteiger charge is -2.32. The zero-order valence-electron chi connectivity index (χ0n) is 12.2. The first-order valence-electron chi connectivity index (χ1n) is 7.21. The Morgan fingerprint density at radius 2 is 2.15 bits per heavy atom. The van der Waals surface area contributed by atoms with E-state index >= 15 is 0 Å². The van der Waals surface area contributed by atoms with Gasteiger partial charge in [0, 0.05) is 37.9 Å². The maximum Gasteiger partial charge on any atom is 0.233 e. The second-order valence-corrected chi connectivity index (χ2v) is 5.12. The molecule has 1 saturated heterocycles. The molecule has 6 nitrogen and oxygen atoms in total. The van der Waals surface area contributed by atoms with E-state index in [4.69, 9.17) is 0 Å². The average Bonchev–Trinajstić information content (AvgIpc) is 2.49. The Balaban J connectivity index is 1.80. The van der Waals surface area contributed by atoms with Crippen LogP contribution in [0.5, 0.6) is 0 Å².